The minimum atomic E-state index is 0.487. The molecule has 2 saturated carbocycles. The quantitative estimate of drug-likeness (QED) is 0.672. The van der Waals surface area contributed by atoms with E-state index in [2.05, 4.69) is 4.90 Å². The van der Waals surface area contributed by atoms with Gasteiger partial charge in [0.2, 0.25) is 0 Å². The molecule has 3 fully saturated rings. The summed E-state index contributed by atoms with van der Waals surface area (Å²) in [5.41, 5.74) is 6.87. The Kier molecular flexibility index (Phi) is 1.37. The summed E-state index contributed by atoms with van der Waals surface area (Å²) in [5.74, 6) is 0.876. The molecule has 1 heterocycles. The molecule has 2 aliphatic carbocycles. The second-order valence-corrected chi connectivity index (χ2v) is 5.17. The van der Waals surface area contributed by atoms with E-state index in [1.54, 1.807) is 0 Å². The summed E-state index contributed by atoms with van der Waals surface area (Å²) in [4.78, 5) is 2.55. The predicted octanol–water partition coefficient (Wildman–Crippen LogP) is 0.819. The summed E-state index contributed by atoms with van der Waals surface area (Å²) in [6.45, 7) is 3.88. The number of nitrogens with zero attached hydrogens (tertiary/aromatic N) is 1. The maximum absolute atomic E-state index is 6.06. The van der Waals surface area contributed by atoms with Gasteiger partial charge in [0.25, 0.3) is 0 Å². The summed E-state index contributed by atoms with van der Waals surface area (Å²) < 4.78 is 0. The molecule has 3 rings (SSSR count). The fourth-order valence-corrected chi connectivity index (χ4v) is 2.50. The van der Waals surface area contributed by atoms with Crippen LogP contribution in [0.3, 0.4) is 0 Å². The van der Waals surface area contributed by atoms with Gasteiger partial charge in [0, 0.05) is 25.7 Å². The van der Waals surface area contributed by atoms with E-state index >= 15 is 0 Å². The number of hydrogen-bond donors (Lipinski definition) is 1. The molecule has 2 heteroatoms. The van der Waals surface area contributed by atoms with Gasteiger partial charge in [-0.15, -0.1) is 0 Å². The largest absolute Gasteiger partial charge is 0.326 e. The van der Waals surface area contributed by atoms with Crippen molar-refractivity contribution < 1.29 is 0 Å². The average Bonchev–Trinajstić information content (AvgIpc) is 2.81. The molecule has 1 saturated heterocycles. The predicted molar refractivity (Wildman–Crippen MR) is 48.8 cm³/mol. The lowest BCUT2D eigenvalue weighted by Crippen LogP contribution is -2.53. The lowest BCUT2D eigenvalue weighted by molar-refractivity contribution is 0.0730. The van der Waals surface area contributed by atoms with E-state index in [1.807, 2.05) is 0 Å². The van der Waals surface area contributed by atoms with E-state index in [0.717, 1.165) is 11.3 Å². The molecule has 3 aliphatic rings. The van der Waals surface area contributed by atoms with Crippen molar-refractivity contribution in [3.8, 4) is 0 Å². The molecule has 0 aromatic rings. The van der Waals surface area contributed by atoms with Gasteiger partial charge in [-0.3, -0.25) is 0 Å². The Labute approximate surface area is 74.1 Å². The molecule has 1 aliphatic heterocycles. The van der Waals surface area contributed by atoms with Gasteiger partial charge < -0.3 is 10.6 Å². The molecule has 1 unspecified atom stereocenters. The Morgan fingerprint density at radius 1 is 1.33 bits per heavy atom. The van der Waals surface area contributed by atoms with Crippen LogP contribution in [0.4, 0.5) is 0 Å². The summed E-state index contributed by atoms with van der Waals surface area (Å²) in [7, 11) is 0. The topological polar surface area (TPSA) is 29.3 Å². The smallest absolute Gasteiger partial charge is 0.0196 e. The van der Waals surface area contributed by atoms with E-state index in [4.69, 9.17) is 5.73 Å². The second kappa shape index (κ2) is 2.24. The third kappa shape index (κ3) is 1.17. The van der Waals surface area contributed by atoms with Gasteiger partial charge in [0.15, 0.2) is 0 Å². The Bertz CT molecular complexity index is 186. The van der Waals surface area contributed by atoms with Crippen LogP contribution in [0.25, 0.3) is 0 Å². The lowest BCUT2D eigenvalue weighted by atomic mass is 9.96. The second-order valence-electron chi connectivity index (χ2n) is 5.17. The minimum absolute atomic E-state index is 0.487. The maximum atomic E-state index is 6.06. The zero-order chi connectivity index (χ0) is 8.18. The van der Waals surface area contributed by atoms with Crippen molar-refractivity contribution in [2.24, 2.45) is 17.1 Å². The summed E-state index contributed by atoms with van der Waals surface area (Å²) in [6, 6.07) is 0.487. The van der Waals surface area contributed by atoms with Crippen LogP contribution in [0.15, 0.2) is 0 Å². The molecule has 0 aromatic heterocycles. The van der Waals surface area contributed by atoms with Crippen LogP contribution in [-0.2, 0) is 0 Å². The molecular formula is C10H18N2. The highest BCUT2D eigenvalue weighted by Crippen LogP contribution is 2.52. The fourth-order valence-electron chi connectivity index (χ4n) is 2.50. The lowest BCUT2D eigenvalue weighted by Gasteiger charge is -2.41. The summed E-state index contributed by atoms with van der Waals surface area (Å²) in [6.07, 6.45) is 5.75. The van der Waals surface area contributed by atoms with Crippen molar-refractivity contribution >= 4 is 0 Å². The number of likely N-dealkylation sites (tertiary alicyclic amines) is 1. The van der Waals surface area contributed by atoms with Gasteiger partial charge in [-0.05, 0) is 37.0 Å². The van der Waals surface area contributed by atoms with Crippen LogP contribution in [-0.4, -0.2) is 30.6 Å². The van der Waals surface area contributed by atoms with E-state index in [-0.39, 0.29) is 0 Å². The molecule has 68 valence electrons. The van der Waals surface area contributed by atoms with Crippen LogP contribution in [0.1, 0.15) is 25.7 Å². The molecule has 0 aromatic carbocycles. The fraction of sp³-hybridized carbons (Fsp3) is 1.00. The van der Waals surface area contributed by atoms with Crippen molar-refractivity contribution in [2.75, 3.05) is 19.6 Å². The molecule has 0 amide bonds. The first-order valence-electron chi connectivity index (χ1n) is 5.25. The average molecular weight is 166 g/mol. The highest BCUT2D eigenvalue weighted by molar-refractivity contribution is 5.06. The Hall–Kier alpha value is -0.0800. The normalized spacial score (nSPS) is 34.8. The molecule has 2 N–H and O–H groups in total. The van der Waals surface area contributed by atoms with Crippen LogP contribution >= 0.6 is 0 Å². The van der Waals surface area contributed by atoms with Gasteiger partial charge in [0.05, 0.1) is 0 Å². The Morgan fingerprint density at radius 2 is 2.00 bits per heavy atom. The van der Waals surface area contributed by atoms with Gasteiger partial charge >= 0.3 is 0 Å². The van der Waals surface area contributed by atoms with E-state index < -0.39 is 0 Å². The molecular weight excluding hydrogens is 148 g/mol. The van der Waals surface area contributed by atoms with Crippen molar-refractivity contribution in [2.45, 2.75) is 31.7 Å². The highest BCUT2D eigenvalue weighted by atomic mass is 15.2. The van der Waals surface area contributed by atoms with Crippen LogP contribution in [0.2, 0.25) is 0 Å². The SMILES string of the molecule is NC(CN1CC2(CC2)C1)C1CC1. The van der Waals surface area contributed by atoms with Crippen molar-refractivity contribution in [1.82, 2.24) is 4.90 Å². The van der Waals surface area contributed by atoms with Crippen molar-refractivity contribution in [3.05, 3.63) is 0 Å². The van der Waals surface area contributed by atoms with E-state index in [9.17, 15) is 0 Å². The Balaban J connectivity index is 1.44. The number of hydrogen-bond acceptors (Lipinski definition) is 2. The van der Waals surface area contributed by atoms with Crippen molar-refractivity contribution in [3.63, 3.8) is 0 Å². The molecule has 1 spiro atoms. The Morgan fingerprint density at radius 3 is 2.50 bits per heavy atom. The van der Waals surface area contributed by atoms with Crippen LogP contribution in [0.5, 0.6) is 0 Å². The standard InChI is InChI=1S/C10H18N2/c11-9(8-1-2-8)5-12-6-10(7-12)3-4-10/h8-9H,1-7,11H2. The van der Waals surface area contributed by atoms with Gasteiger partial charge in [-0.1, -0.05) is 0 Å². The van der Waals surface area contributed by atoms with Crippen LogP contribution in [0, 0.1) is 11.3 Å². The first kappa shape index (κ1) is 7.34. The van der Waals surface area contributed by atoms with Crippen molar-refractivity contribution in [1.29, 1.82) is 0 Å². The zero-order valence-corrected chi connectivity index (χ0v) is 7.63. The van der Waals surface area contributed by atoms with Gasteiger partial charge in [0.1, 0.15) is 0 Å². The highest BCUT2D eigenvalue weighted by Gasteiger charge is 2.52. The summed E-state index contributed by atoms with van der Waals surface area (Å²) in [5, 5.41) is 0. The molecule has 0 radical (unpaired) electrons. The van der Waals surface area contributed by atoms with Crippen LogP contribution < -0.4 is 5.73 Å². The molecule has 2 nitrogen and oxygen atoms in total. The van der Waals surface area contributed by atoms with Gasteiger partial charge in [-0.25, -0.2) is 0 Å². The number of rotatable bonds is 3. The van der Waals surface area contributed by atoms with E-state index in [0.29, 0.717) is 6.04 Å². The molecule has 0 bridgehead atoms. The molecule has 1 atom stereocenters. The monoisotopic (exact) mass is 166 g/mol. The molecule has 12 heavy (non-hydrogen) atoms. The first-order valence-corrected chi connectivity index (χ1v) is 5.25. The minimum Gasteiger partial charge on any atom is -0.326 e. The number of nitrogens with two attached hydrogens (primary N) is 1. The van der Waals surface area contributed by atoms with E-state index in [1.165, 1.54) is 45.3 Å². The third-order valence-corrected chi connectivity index (χ3v) is 3.77. The third-order valence-electron chi connectivity index (χ3n) is 3.77. The summed E-state index contributed by atoms with van der Waals surface area (Å²) >= 11 is 0. The zero-order valence-electron chi connectivity index (χ0n) is 7.63. The maximum Gasteiger partial charge on any atom is 0.0196 e. The first-order chi connectivity index (χ1) is 5.77. The van der Waals surface area contributed by atoms with Gasteiger partial charge in [-0.2, -0.15) is 0 Å².